The summed E-state index contributed by atoms with van der Waals surface area (Å²) in [4.78, 5) is 20.4. The van der Waals surface area contributed by atoms with E-state index in [1.54, 1.807) is 6.20 Å². The molecule has 5 rings (SSSR count). The first-order valence-electron chi connectivity index (χ1n) is 11.7. The number of halogens is 1. The van der Waals surface area contributed by atoms with Crippen molar-refractivity contribution < 1.29 is 9.13 Å². The molecule has 2 aliphatic rings. The number of hydrogen-bond donors (Lipinski definition) is 0. The average Bonchev–Trinajstić information content (AvgIpc) is 3.44. The maximum absolute atomic E-state index is 14.0. The fraction of sp³-hybridized carbons (Fsp3) is 0.440. The van der Waals surface area contributed by atoms with Gasteiger partial charge in [-0.3, -0.25) is 4.98 Å². The molecule has 8 heteroatoms. The third-order valence-electron chi connectivity index (χ3n) is 6.28. The number of nitrogens with zero attached hydrogens (tertiary/aromatic N) is 6. The zero-order chi connectivity index (χ0) is 22.8. The van der Waals surface area contributed by atoms with E-state index in [2.05, 4.69) is 38.1 Å². The third-order valence-corrected chi connectivity index (χ3v) is 6.28. The topological polar surface area (TPSA) is 69.0 Å². The molecule has 0 bridgehead atoms. The Morgan fingerprint density at radius 3 is 2.73 bits per heavy atom. The summed E-state index contributed by atoms with van der Waals surface area (Å²) < 4.78 is 21.6. The number of imidazole rings is 1. The Morgan fingerprint density at radius 1 is 1.15 bits per heavy atom. The Balaban J connectivity index is 1.48. The predicted octanol–water partition coefficient (Wildman–Crippen LogP) is 4.33. The maximum atomic E-state index is 14.0. The maximum Gasteiger partial charge on any atom is 0.318 e. The number of likely N-dealkylation sites (tertiary alicyclic amines) is 1. The second kappa shape index (κ2) is 9.39. The van der Waals surface area contributed by atoms with E-state index < -0.39 is 5.82 Å². The Hall–Kier alpha value is -3.13. The highest BCUT2D eigenvalue weighted by molar-refractivity contribution is 5.79. The van der Waals surface area contributed by atoms with E-state index in [0.717, 1.165) is 18.7 Å². The number of ether oxygens (including phenoxy) is 1. The molecule has 0 N–H and O–H groups in total. The van der Waals surface area contributed by atoms with Crippen LogP contribution in [-0.4, -0.2) is 55.6 Å². The monoisotopic (exact) mass is 448 g/mol. The standard InChI is InChI=1S/C25H29FN6O/c1-3-33-25-28-17(2)22-24(30-25)32(23(29-22)20-12-21(26)14-27-13-20)16-19-8-6-18(7-9-19)15-31-10-4-5-11-31/h6,8-9,12-14,18H,3-5,7,10-11,15-16H2,1-2H3. The summed E-state index contributed by atoms with van der Waals surface area (Å²) >= 11 is 0. The highest BCUT2D eigenvalue weighted by Crippen LogP contribution is 2.29. The van der Waals surface area contributed by atoms with Crippen LogP contribution < -0.4 is 4.74 Å². The van der Waals surface area contributed by atoms with Crippen LogP contribution >= 0.6 is 0 Å². The molecule has 7 nitrogen and oxygen atoms in total. The minimum Gasteiger partial charge on any atom is -0.464 e. The predicted molar refractivity (Wildman–Crippen MR) is 125 cm³/mol. The number of rotatable bonds is 7. The number of hydrogen-bond acceptors (Lipinski definition) is 6. The van der Waals surface area contributed by atoms with Gasteiger partial charge in [0, 0.05) is 18.3 Å². The van der Waals surface area contributed by atoms with Gasteiger partial charge in [0.15, 0.2) is 5.65 Å². The zero-order valence-corrected chi connectivity index (χ0v) is 19.2. The van der Waals surface area contributed by atoms with E-state index >= 15 is 0 Å². The number of pyridine rings is 1. The van der Waals surface area contributed by atoms with Crippen molar-refractivity contribution in [3.8, 4) is 17.4 Å². The molecule has 1 saturated heterocycles. The van der Waals surface area contributed by atoms with Crippen LogP contribution in [0, 0.1) is 18.7 Å². The average molecular weight is 449 g/mol. The Bertz CT molecular complexity index is 1210. The van der Waals surface area contributed by atoms with Gasteiger partial charge in [0.2, 0.25) is 0 Å². The lowest BCUT2D eigenvalue weighted by atomic mass is 9.96. The molecule has 1 unspecified atom stereocenters. The lowest BCUT2D eigenvalue weighted by molar-refractivity contribution is 0.302. The van der Waals surface area contributed by atoms with Crippen molar-refractivity contribution in [2.45, 2.75) is 39.7 Å². The van der Waals surface area contributed by atoms with Crippen LogP contribution in [0.3, 0.4) is 0 Å². The van der Waals surface area contributed by atoms with Crippen LogP contribution in [0.25, 0.3) is 22.6 Å². The van der Waals surface area contributed by atoms with Gasteiger partial charge < -0.3 is 14.2 Å². The molecule has 1 aliphatic heterocycles. The minimum atomic E-state index is -0.398. The van der Waals surface area contributed by atoms with Crippen molar-refractivity contribution in [1.82, 2.24) is 29.4 Å². The van der Waals surface area contributed by atoms with Crippen LogP contribution in [0.1, 0.15) is 31.9 Å². The van der Waals surface area contributed by atoms with Crippen LogP contribution in [0.2, 0.25) is 0 Å². The van der Waals surface area contributed by atoms with Crippen LogP contribution in [0.15, 0.2) is 42.3 Å². The van der Waals surface area contributed by atoms with Crippen molar-refractivity contribution >= 4 is 11.2 Å². The Labute approximate surface area is 193 Å². The van der Waals surface area contributed by atoms with Gasteiger partial charge in [0.25, 0.3) is 0 Å². The molecule has 0 aromatic carbocycles. The molecule has 4 heterocycles. The molecule has 0 amide bonds. The number of aryl methyl sites for hydroxylation is 1. The van der Waals surface area contributed by atoms with Crippen molar-refractivity contribution in [3.63, 3.8) is 0 Å². The molecule has 1 atom stereocenters. The van der Waals surface area contributed by atoms with Crippen LogP contribution in [0.4, 0.5) is 4.39 Å². The van der Waals surface area contributed by atoms with Crippen molar-refractivity contribution in [2.75, 3.05) is 26.2 Å². The summed E-state index contributed by atoms with van der Waals surface area (Å²) in [5.74, 6) is 0.773. The second-order valence-electron chi connectivity index (χ2n) is 8.75. The van der Waals surface area contributed by atoms with Gasteiger partial charge in [-0.15, -0.1) is 0 Å². The molecule has 3 aromatic heterocycles. The van der Waals surface area contributed by atoms with Gasteiger partial charge >= 0.3 is 6.01 Å². The van der Waals surface area contributed by atoms with E-state index in [0.29, 0.717) is 47.6 Å². The SMILES string of the molecule is CCOc1nc(C)c2nc(-c3cncc(F)c3)n(CC3=CCC(CN4CCCC4)C=C3)c2n1. The normalized spacial score (nSPS) is 18.8. The largest absolute Gasteiger partial charge is 0.464 e. The van der Waals surface area contributed by atoms with Gasteiger partial charge in [-0.2, -0.15) is 9.97 Å². The van der Waals surface area contributed by atoms with Gasteiger partial charge in [0.05, 0.1) is 25.0 Å². The smallest absolute Gasteiger partial charge is 0.318 e. The fourth-order valence-electron chi connectivity index (χ4n) is 4.65. The first kappa shape index (κ1) is 21.7. The highest BCUT2D eigenvalue weighted by atomic mass is 19.1. The van der Waals surface area contributed by atoms with E-state index in [9.17, 15) is 4.39 Å². The molecule has 3 aromatic rings. The number of allylic oxidation sites excluding steroid dienone is 3. The lowest BCUT2D eigenvalue weighted by Gasteiger charge is -2.23. The number of fused-ring (bicyclic) bond motifs is 1. The molecular formula is C25H29FN6O. The molecule has 1 fully saturated rings. The van der Waals surface area contributed by atoms with Crippen molar-refractivity contribution in [3.05, 3.63) is 53.8 Å². The fourth-order valence-corrected chi connectivity index (χ4v) is 4.65. The molecule has 1 aliphatic carbocycles. The molecule has 0 saturated carbocycles. The molecule has 172 valence electrons. The first-order chi connectivity index (χ1) is 16.1. The molecule has 33 heavy (non-hydrogen) atoms. The van der Waals surface area contributed by atoms with Crippen LogP contribution in [0.5, 0.6) is 6.01 Å². The van der Waals surface area contributed by atoms with E-state index in [1.807, 2.05) is 18.4 Å². The summed E-state index contributed by atoms with van der Waals surface area (Å²) in [7, 11) is 0. The summed E-state index contributed by atoms with van der Waals surface area (Å²) in [5.41, 5.74) is 3.89. The third kappa shape index (κ3) is 4.66. The molecule has 0 spiro atoms. The summed E-state index contributed by atoms with van der Waals surface area (Å²) in [6.45, 7) is 8.41. The van der Waals surface area contributed by atoms with Gasteiger partial charge in [0.1, 0.15) is 17.2 Å². The van der Waals surface area contributed by atoms with Gasteiger partial charge in [-0.1, -0.05) is 18.2 Å². The van der Waals surface area contributed by atoms with E-state index in [-0.39, 0.29) is 0 Å². The lowest BCUT2D eigenvalue weighted by Crippen LogP contribution is -2.26. The van der Waals surface area contributed by atoms with E-state index in [4.69, 9.17) is 9.72 Å². The first-order valence-corrected chi connectivity index (χ1v) is 11.7. The van der Waals surface area contributed by atoms with Crippen molar-refractivity contribution in [2.24, 2.45) is 5.92 Å². The zero-order valence-electron chi connectivity index (χ0n) is 19.2. The molecule has 0 radical (unpaired) electrons. The number of aromatic nitrogens is 5. The highest BCUT2D eigenvalue weighted by Gasteiger charge is 2.21. The van der Waals surface area contributed by atoms with E-state index in [1.165, 1.54) is 43.8 Å². The Kier molecular flexibility index (Phi) is 6.17. The summed E-state index contributed by atoms with van der Waals surface area (Å²) in [6.07, 6.45) is 13.3. The van der Waals surface area contributed by atoms with Crippen LogP contribution in [-0.2, 0) is 6.54 Å². The van der Waals surface area contributed by atoms with Crippen molar-refractivity contribution in [1.29, 1.82) is 0 Å². The quantitative estimate of drug-likeness (QED) is 0.536. The second-order valence-corrected chi connectivity index (χ2v) is 8.75. The Morgan fingerprint density at radius 2 is 2.00 bits per heavy atom. The summed E-state index contributed by atoms with van der Waals surface area (Å²) in [5, 5.41) is 0. The van der Waals surface area contributed by atoms with Gasteiger partial charge in [-0.25, -0.2) is 9.37 Å². The summed E-state index contributed by atoms with van der Waals surface area (Å²) in [6, 6.07) is 1.78. The van der Waals surface area contributed by atoms with Gasteiger partial charge in [-0.05, 0) is 63.8 Å². The molecular weight excluding hydrogens is 419 g/mol. The minimum absolute atomic E-state index is 0.325.